The summed E-state index contributed by atoms with van der Waals surface area (Å²) in [7, 11) is 1.57. The van der Waals surface area contributed by atoms with Crippen molar-refractivity contribution < 1.29 is 9.84 Å². The Labute approximate surface area is 123 Å². The maximum atomic E-state index is 9.52. The quantitative estimate of drug-likeness (QED) is 0.634. The third-order valence-electron chi connectivity index (χ3n) is 3.46. The van der Waals surface area contributed by atoms with Gasteiger partial charge in [-0.3, -0.25) is 0 Å². The van der Waals surface area contributed by atoms with Gasteiger partial charge in [0.15, 0.2) is 11.5 Å². The lowest BCUT2D eigenvalue weighted by molar-refractivity contribution is 0.372. The molecule has 0 amide bonds. The van der Waals surface area contributed by atoms with Crippen LogP contribution in [0, 0.1) is 5.92 Å². The summed E-state index contributed by atoms with van der Waals surface area (Å²) >= 11 is 0. The molecule has 0 fully saturated rings. The molecule has 114 valence electrons. The van der Waals surface area contributed by atoms with Gasteiger partial charge in [0, 0.05) is 6.54 Å². The Kier molecular flexibility index (Phi) is 8.12. The average Bonchev–Trinajstić information content (AvgIpc) is 2.43. The van der Waals surface area contributed by atoms with Gasteiger partial charge in [-0.05, 0) is 36.6 Å². The molecule has 1 aromatic rings. The number of methoxy groups -OCH3 is 1. The second-order valence-corrected chi connectivity index (χ2v) is 5.78. The SMILES string of the molecule is COc1cc(CNCCCCCCC(C)C)ccc1O. The van der Waals surface area contributed by atoms with Gasteiger partial charge in [0.05, 0.1) is 7.11 Å². The maximum absolute atomic E-state index is 9.52. The first kappa shape index (κ1) is 16.8. The number of phenolic OH excluding ortho intramolecular Hbond substituents is 1. The van der Waals surface area contributed by atoms with E-state index in [-0.39, 0.29) is 5.75 Å². The van der Waals surface area contributed by atoms with E-state index in [9.17, 15) is 5.11 Å². The molecule has 0 aromatic heterocycles. The zero-order chi connectivity index (χ0) is 14.8. The molecule has 0 unspecified atom stereocenters. The van der Waals surface area contributed by atoms with Crippen molar-refractivity contribution in [3.8, 4) is 11.5 Å². The fourth-order valence-electron chi connectivity index (χ4n) is 2.22. The molecule has 20 heavy (non-hydrogen) atoms. The van der Waals surface area contributed by atoms with Crippen LogP contribution in [0.4, 0.5) is 0 Å². The first-order valence-corrected chi connectivity index (χ1v) is 7.70. The van der Waals surface area contributed by atoms with Crippen molar-refractivity contribution in [2.24, 2.45) is 5.92 Å². The molecule has 0 atom stereocenters. The molecule has 3 nitrogen and oxygen atoms in total. The first-order valence-electron chi connectivity index (χ1n) is 7.70. The van der Waals surface area contributed by atoms with Crippen molar-refractivity contribution in [2.45, 2.75) is 52.5 Å². The Bertz CT molecular complexity index is 377. The standard InChI is InChI=1S/C17H29NO2/c1-14(2)8-6-4-5-7-11-18-13-15-9-10-16(19)17(12-15)20-3/h9-10,12,14,18-19H,4-8,11,13H2,1-3H3. The van der Waals surface area contributed by atoms with Crippen LogP contribution in [-0.4, -0.2) is 18.8 Å². The van der Waals surface area contributed by atoms with Gasteiger partial charge in [0.2, 0.25) is 0 Å². The van der Waals surface area contributed by atoms with E-state index in [1.807, 2.05) is 12.1 Å². The molecule has 0 saturated heterocycles. The minimum Gasteiger partial charge on any atom is -0.504 e. The third-order valence-corrected chi connectivity index (χ3v) is 3.46. The Hall–Kier alpha value is -1.22. The van der Waals surface area contributed by atoms with Gasteiger partial charge in [-0.1, -0.05) is 45.6 Å². The van der Waals surface area contributed by atoms with Gasteiger partial charge in [-0.15, -0.1) is 0 Å². The predicted molar refractivity (Wildman–Crippen MR) is 84.3 cm³/mol. The lowest BCUT2D eigenvalue weighted by Gasteiger charge is -2.08. The summed E-state index contributed by atoms with van der Waals surface area (Å²) in [6, 6.07) is 5.49. The number of nitrogens with one attached hydrogen (secondary N) is 1. The predicted octanol–water partition coefficient (Wildman–Crippen LogP) is 4.10. The van der Waals surface area contributed by atoms with Crippen molar-refractivity contribution in [2.75, 3.05) is 13.7 Å². The molecular formula is C17H29NO2. The molecule has 3 heteroatoms. The summed E-state index contributed by atoms with van der Waals surface area (Å²) in [5.41, 5.74) is 1.14. The summed E-state index contributed by atoms with van der Waals surface area (Å²) in [6.07, 6.45) is 6.58. The van der Waals surface area contributed by atoms with Crippen LogP contribution >= 0.6 is 0 Å². The Morgan fingerprint density at radius 2 is 1.90 bits per heavy atom. The highest BCUT2D eigenvalue weighted by molar-refractivity contribution is 5.41. The highest BCUT2D eigenvalue weighted by atomic mass is 16.5. The van der Waals surface area contributed by atoms with Gasteiger partial charge >= 0.3 is 0 Å². The van der Waals surface area contributed by atoms with Crippen LogP contribution in [0.2, 0.25) is 0 Å². The number of benzene rings is 1. The Morgan fingerprint density at radius 3 is 2.60 bits per heavy atom. The molecule has 0 bridgehead atoms. The van der Waals surface area contributed by atoms with E-state index < -0.39 is 0 Å². The van der Waals surface area contributed by atoms with E-state index >= 15 is 0 Å². The number of hydrogen-bond donors (Lipinski definition) is 2. The summed E-state index contributed by atoms with van der Waals surface area (Å²) < 4.78 is 5.10. The van der Waals surface area contributed by atoms with E-state index in [4.69, 9.17) is 4.74 Å². The molecular weight excluding hydrogens is 250 g/mol. The zero-order valence-electron chi connectivity index (χ0n) is 13.1. The fraction of sp³-hybridized carbons (Fsp3) is 0.647. The van der Waals surface area contributed by atoms with E-state index in [1.54, 1.807) is 13.2 Å². The highest BCUT2D eigenvalue weighted by Crippen LogP contribution is 2.26. The molecule has 0 aliphatic rings. The molecule has 0 saturated carbocycles. The van der Waals surface area contributed by atoms with Gasteiger partial charge in [0.25, 0.3) is 0 Å². The number of rotatable bonds is 10. The second kappa shape index (κ2) is 9.65. The van der Waals surface area contributed by atoms with E-state index in [0.717, 1.165) is 24.6 Å². The molecule has 0 spiro atoms. The largest absolute Gasteiger partial charge is 0.504 e. The number of phenols is 1. The van der Waals surface area contributed by atoms with Crippen molar-refractivity contribution in [3.63, 3.8) is 0 Å². The van der Waals surface area contributed by atoms with E-state index in [0.29, 0.717) is 5.75 Å². The van der Waals surface area contributed by atoms with Crippen LogP contribution in [0.3, 0.4) is 0 Å². The topological polar surface area (TPSA) is 41.5 Å². The molecule has 0 aliphatic carbocycles. The molecule has 0 radical (unpaired) electrons. The normalized spacial score (nSPS) is 11.0. The lowest BCUT2D eigenvalue weighted by atomic mass is 10.0. The second-order valence-electron chi connectivity index (χ2n) is 5.78. The van der Waals surface area contributed by atoms with Crippen molar-refractivity contribution in [3.05, 3.63) is 23.8 Å². The summed E-state index contributed by atoms with van der Waals surface area (Å²) in [5.74, 6) is 1.57. The molecule has 0 heterocycles. The number of hydrogen-bond acceptors (Lipinski definition) is 3. The number of aromatic hydroxyl groups is 1. The van der Waals surface area contributed by atoms with Crippen LogP contribution in [0.1, 0.15) is 51.5 Å². The van der Waals surface area contributed by atoms with Gasteiger partial charge in [-0.2, -0.15) is 0 Å². The Morgan fingerprint density at radius 1 is 1.15 bits per heavy atom. The van der Waals surface area contributed by atoms with Crippen LogP contribution < -0.4 is 10.1 Å². The van der Waals surface area contributed by atoms with Crippen molar-refractivity contribution in [1.82, 2.24) is 5.32 Å². The van der Waals surface area contributed by atoms with Gasteiger partial charge in [0.1, 0.15) is 0 Å². The first-order chi connectivity index (χ1) is 9.63. The van der Waals surface area contributed by atoms with Crippen molar-refractivity contribution in [1.29, 1.82) is 0 Å². The minimum atomic E-state index is 0.196. The molecule has 1 rings (SSSR count). The minimum absolute atomic E-state index is 0.196. The summed E-state index contributed by atoms with van der Waals surface area (Å²) in [6.45, 7) is 6.44. The Balaban J connectivity index is 2.09. The smallest absolute Gasteiger partial charge is 0.160 e. The maximum Gasteiger partial charge on any atom is 0.160 e. The van der Waals surface area contributed by atoms with Crippen LogP contribution in [-0.2, 0) is 6.54 Å². The monoisotopic (exact) mass is 279 g/mol. The lowest BCUT2D eigenvalue weighted by Crippen LogP contribution is -2.14. The molecule has 2 N–H and O–H groups in total. The van der Waals surface area contributed by atoms with Crippen LogP contribution in [0.5, 0.6) is 11.5 Å². The van der Waals surface area contributed by atoms with Crippen molar-refractivity contribution >= 4 is 0 Å². The van der Waals surface area contributed by atoms with Gasteiger partial charge in [-0.25, -0.2) is 0 Å². The summed E-state index contributed by atoms with van der Waals surface area (Å²) in [5, 5.41) is 13.0. The molecule has 1 aromatic carbocycles. The fourth-order valence-corrected chi connectivity index (χ4v) is 2.22. The molecule has 0 aliphatic heterocycles. The van der Waals surface area contributed by atoms with Crippen LogP contribution in [0.25, 0.3) is 0 Å². The zero-order valence-corrected chi connectivity index (χ0v) is 13.1. The van der Waals surface area contributed by atoms with Crippen LogP contribution in [0.15, 0.2) is 18.2 Å². The number of unbranched alkanes of at least 4 members (excludes halogenated alkanes) is 3. The summed E-state index contributed by atoms with van der Waals surface area (Å²) in [4.78, 5) is 0. The number of ether oxygens (including phenoxy) is 1. The average molecular weight is 279 g/mol. The van der Waals surface area contributed by atoms with E-state index in [2.05, 4.69) is 19.2 Å². The van der Waals surface area contributed by atoms with Gasteiger partial charge < -0.3 is 15.2 Å². The third kappa shape index (κ3) is 6.80. The van der Waals surface area contributed by atoms with E-state index in [1.165, 1.54) is 32.1 Å². The highest BCUT2D eigenvalue weighted by Gasteiger charge is 2.02.